The number of aromatic nitrogens is 2. The van der Waals surface area contributed by atoms with Gasteiger partial charge in [-0.1, -0.05) is 6.07 Å². The Balaban J connectivity index is 1.87. The number of anilines is 1. The summed E-state index contributed by atoms with van der Waals surface area (Å²) in [5.41, 5.74) is 1.37. The van der Waals surface area contributed by atoms with E-state index in [0.717, 1.165) is 12.8 Å². The van der Waals surface area contributed by atoms with Gasteiger partial charge in [-0.3, -0.25) is 0 Å². The zero-order chi connectivity index (χ0) is 14.8. The largest absolute Gasteiger partial charge is 0.497 e. The van der Waals surface area contributed by atoms with Gasteiger partial charge in [0.1, 0.15) is 5.75 Å². The first kappa shape index (κ1) is 13.5. The lowest BCUT2D eigenvalue weighted by molar-refractivity contribution is -0.138. The lowest BCUT2D eigenvalue weighted by Gasteiger charge is -2.18. The average molecular weight is 287 g/mol. The molecule has 0 bridgehead atoms. The van der Waals surface area contributed by atoms with Gasteiger partial charge in [-0.05, 0) is 25.0 Å². The van der Waals surface area contributed by atoms with Gasteiger partial charge in [-0.2, -0.15) is 0 Å². The molecule has 1 aliphatic rings. The Morgan fingerprint density at radius 3 is 3.00 bits per heavy atom. The van der Waals surface area contributed by atoms with Crippen molar-refractivity contribution in [1.29, 1.82) is 0 Å². The highest BCUT2D eigenvalue weighted by atomic mass is 16.5. The van der Waals surface area contributed by atoms with Crippen LogP contribution in [0.3, 0.4) is 0 Å². The predicted molar refractivity (Wildman–Crippen MR) is 77.5 cm³/mol. The van der Waals surface area contributed by atoms with E-state index in [1.165, 1.54) is 0 Å². The van der Waals surface area contributed by atoms with Crippen molar-refractivity contribution in [3.8, 4) is 5.75 Å². The van der Waals surface area contributed by atoms with Crippen molar-refractivity contribution >= 4 is 11.7 Å². The van der Waals surface area contributed by atoms with Gasteiger partial charge in [0.25, 0.3) is 0 Å². The minimum Gasteiger partial charge on any atom is -0.497 e. The molecule has 1 heterocycles. The summed E-state index contributed by atoms with van der Waals surface area (Å²) in [6.07, 6.45) is 5.48. The van der Waals surface area contributed by atoms with Crippen molar-refractivity contribution < 1.29 is 14.6 Å². The minimum absolute atomic E-state index is 0.386. The number of carboxylic acid groups (broad SMARTS) is 1. The number of rotatable bonds is 6. The number of nitrogens with one attached hydrogen (secondary N) is 1. The molecule has 6 heteroatoms. The zero-order valence-corrected chi connectivity index (χ0v) is 11.7. The van der Waals surface area contributed by atoms with Crippen LogP contribution in [0, 0.1) is 0 Å². The Bertz CT molecular complexity index is 649. The summed E-state index contributed by atoms with van der Waals surface area (Å²) in [7, 11) is 1.58. The molecular weight excluding hydrogens is 270 g/mol. The Labute approximate surface area is 122 Å². The molecule has 0 saturated heterocycles. The van der Waals surface area contributed by atoms with Crippen molar-refractivity contribution in [2.24, 2.45) is 0 Å². The maximum atomic E-state index is 11.6. The van der Waals surface area contributed by atoms with Gasteiger partial charge < -0.3 is 19.7 Å². The van der Waals surface area contributed by atoms with Crippen molar-refractivity contribution in [1.82, 2.24) is 9.55 Å². The van der Waals surface area contributed by atoms with E-state index >= 15 is 0 Å². The van der Waals surface area contributed by atoms with Crippen LogP contribution in [0.2, 0.25) is 0 Å². The smallest absolute Gasteiger partial charge is 0.332 e. The Kier molecular flexibility index (Phi) is 3.51. The van der Waals surface area contributed by atoms with Crippen LogP contribution < -0.4 is 10.1 Å². The highest BCUT2D eigenvalue weighted by Crippen LogP contribution is 2.37. The molecule has 6 nitrogen and oxygen atoms in total. The maximum absolute atomic E-state index is 11.6. The number of ether oxygens (including phenoxy) is 1. The first-order valence-corrected chi connectivity index (χ1v) is 6.84. The highest BCUT2D eigenvalue weighted by molar-refractivity contribution is 5.78. The highest BCUT2D eigenvalue weighted by Gasteiger charge is 2.30. The van der Waals surface area contributed by atoms with Crippen molar-refractivity contribution in [2.45, 2.75) is 24.9 Å². The third kappa shape index (κ3) is 2.84. The molecule has 0 radical (unpaired) electrons. The summed E-state index contributed by atoms with van der Waals surface area (Å²) < 4.78 is 7.10. The molecule has 0 spiro atoms. The fraction of sp³-hybridized carbons (Fsp3) is 0.333. The number of hydrogen-bond donors (Lipinski definition) is 2. The van der Waals surface area contributed by atoms with Crippen LogP contribution >= 0.6 is 0 Å². The van der Waals surface area contributed by atoms with Crippen LogP contribution in [-0.2, 0) is 4.79 Å². The molecule has 0 aliphatic heterocycles. The van der Waals surface area contributed by atoms with Gasteiger partial charge in [0.2, 0.25) is 0 Å². The maximum Gasteiger partial charge on any atom is 0.332 e. The molecular formula is C15H17N3O3. The molecule has 2 aromatic rings. The number of nitrogens with zero attached hydrogens (tertiary/aromatic N) is 2. The van der Waals surface area contributed by atoms with Gasteiger partial charge >= 0.3 is 5.97 Å². The van der Waals surface area contributed by atoms with E-state index in [9.17, 15) is 9.90 Å². The van der Waals surface area contributed by atoms with Crippen molar-refractivity contribution in [2.75, 3.05) is 12.4 Å². The lowest BCUT2D eigenvalue weighted by Crippen LogP contribution is -2.23. The van der Waals surface area contributed by atoms with Crippen LogP contribution in [0.25, 0.3) is 0 Å². The van der Waals surface area contributed by atoms with Gasteiger partial charge in [0, 0.05) is 17.8 Å². The third-order valence-corrected chi connectivity index (χ3v) is 3.56. The Morgan fingerprint density at radius 2 is 2.33 bits per heavy atom. The number of methoxy groups -OCH3 is 1. The second-order valence-electron chi connectivity index (χ2n) is 5.10. The van der Waals surface area contributed by atoms with Crippen molar-refractivity contribution in [3.05, 3.63) is 42.5 Å². The number of imidazole rings is 1. The van der Waals surface area contributed by atoms with Gasteiger partial charge in [0.05, 0.1) is 25.3 Å². The molecule has 1 saturated carbocycles. The van der Waals surface area contributed by atoms with Gasteiger partial charge in [-0.25, -0.2) is 9.78 Å². The minimum atomic E-state index is -0.930. The SMILES string of the molecule is COc1cccc(NC(C(=O)O)c2cncn2C2CC2)c1. The number of carbonyl (C=O) groups is 1. The van der Waals surface area contributed by atoms with Crippen molar-refractivity contribution in [3.63, 3.8) is 0 Å². The lowest BCUT2D eigenvalue weighted by atomic mass is 10.2. The van der Waals surface area contributed by atoms with E-state index in [4.69, 9.17) is 4.74 Å². The first-order chi connectivity index (χ1) is 10.2. The van der Waals surface area contributed by atoms with Gasteiger partial charge in [0.15, 0.2) is 6.04 Å². The summed E-state index contributed by atoms with van der Waals surface area (Å²) in [6.45, 7) is 0. The Hall–Kier alpha value is -2.50. The molecule has 1 unspecified atom stereocenters. The Morgan fingerprint density at radius 1 is 1.52 bits per heavy atom. The molecule has 110 valence electrons. The fourth-order valence-electron chi connectivity index (χ4n) is 2.34. The molecule has 21 heavy (non-hydrogen) atoms. The van der Waals surface area contributed by atoms with Crippen LogP contribution in [-0.4, -0.2) is 27.7 Å². The second-order valence-corrected chi connectivity index (χ2v) is 5.10. The fourth-order valence-corrected chi connectivity index (χ4v) is 2.34. The number of benzene rings is 1. The van der Waals surface area contributed by atoms with Crippen LogP contribution in [0.4, 0.5) is 5.69 Å². The molecule has 1 aliphatic carbocycles. The summed E-state index contributed by atoms with van der Waals surface area (Å²) in [5.74, 6) is -0.250. The molecule has 2 N–H and O–H groups in total. The quantitative estimate of drug-likeness (QED) is 0.853. The van der Waals surface area contributed by atoms with E-state index in [1.54, 1.807) is 25.7 Å². The molecule has 0 amide bonds. The van der Waals surface area contributed by atoms with Crippen LogP contribution in [0.15, 0.2) is 36.8 Å². The summed E-state index contributed by atoms with van der Waals surface area (Å²) in [5, 5.41) is 12.6. The number of carboxylic acids is 1. The normalized spacial score (nSPS) is 15.5. The summed E-state index contributed by atoms with van der Waals surface area (Å²) in [4.78, 5) is 15.7. The summed E-state index contributed by atoms with van der Waals surface area (Å²) >= 11 is 0. The number of hydrogen-bond acceptors (Lipinski definition) is 4. The number of aliphatic carboxylic acids is 1. The average Bonchev–Trinajstić information content (AvgIpc) is 3.22. The molecule has 1 fully saturated rings. The van der Waals surface area contributed by atoms with E-state index < -0.39 is 12.0 Å². The first-order valence-electron chi connectivity index (χ1n) is 6.84. The topological polar surface area (TPSA) is 76.4 Å². The van der Waals surface area contributed by atoms with Crippen LogP contribution in [0.5, 0.6) is 5.75 Å². The zero-order valence-electron chi connectivity index (χ0n) is 11.7. The second kappa shape index (κ2) is 5.47. The monoisotopic (exact) mass is 287 g/mol. The van der Waals surface area contributed by atoms with E-state index in [2.05, 4.69) is 10.3 Å². The van der Waals surface area contributed by atoms with E-state index in [-0.39, 0.29) is 0 Å². The van der Waals surface area contributed by atoms with E-state index in [0.29, 0.717) is 23.2 Å². The molecule has 1 aromatic heterocycles. The van der Waals surface area contributed by atoms with E-state index in [1.807, 2.05) is 22.8 Å². The molecule has 1 aromatic carbocycles. The molecule has 3 rings (SSSR count). The third-order valence-electron chi connectivity index (χ3n) is 3.56. The van der Waals surface area contributed by atoms with Gasteiger partial charge in [-0.15, -0.1) is 0 Å². The summed E-state index contributed by atoms with van der Waals surface area (Å²) in [6, 6.07) is 6.77. The molecule has 1 atom stereocenters. The van der Waals surface area contributed by atoms with Crippen LogP contribution in [0.1, 0.15) is 30.6 Å². The predicted octanol–water partition coefficient (Wildman–Crippen LogP) is 2.46. The standard InChI is InChI=1S/C15H17N3O3/c1-21-12-4-2-3-10(7-12)17-14(15(19)20)13-8-16-9-18(13)11-5-6-11/h2-4,7-9,11,14,17H,5-6H2,1H3,(H,19,20).